The molecule has 1 amide bonds. The van der Waals surface area contributed by atoms with E-state index in [-0.39, 0.29) is 11.3 Å². The first-order chi connectivity index (χ1) is 21.4. The third-order valence-electron chi connectivity index (χ3n) is 7.61. The molecule has 0 spiro atoms. The number of pyridine rings is 1. The topological polar surface area (TPSA) is 106 Å². The Morgan fingerprint density at radius 2 is 1.68 bits per heavy atom. The maximum Gasteiger partial charge on any atom is 0.301 e. The van der Waals surface area contributed by atoms with Crippen molar-refractivity contribution in [3.8, 4) is 11.5 Å². The van der Waals surface area contributed by atoms with Gasteiger partial charge in [-0.1, -0.05) is 59.9 Å². The number of thiazole rings is 1. The summed E-state index contributed by atoms with van der Waals surface area (Å²) in [5, 5.41) is 12.1. The fraction of sp³-hybridized carbons (Fsp3) is 0.118. The van der Waals surface area contributed by atoms with Crippen LogP contribution >= 0.6 is 11.3 Å². The highest BCUT2D eigenvalue weighted by Crippen LogP contribution is 2.45. The number of nitrogens with zero attached hydrogens (tertiary/aromatic N) is 4. The van der Waals surface area contributed by atoms with Crippen molar-refractivity contribution in [1.82, 2.24) is 14.4 Å². The summed E-state index contributed by atoms with van der Waals surface area (Å²) in [6.07, 6.45) is 1.76. The molecule has 10 heteroatoms. The quantitative estimate of drug-likeness (QED) is 0.127. The van der Waals surface area contributed by atoms with Crippen LogP contribution in [0.25, 0.3) is 21.6 Å². The number of hydrogen-bond donors (Lipinski definition) is 1. The van der Waals surface area contributed by atoms with Gasteiger partial charge in [-0.25, -0.2) is 9.97 Å². The molecule has 3 aromatic heterocycles. The smallest absolute Gasteiger partial charge is 0.301 e. The predicted octanol–water partition coefficient (Wildman–Crippen LogP) is 6.47. The van der Waals surface area contributed by atoms with Crippen LogP contribution in [0.4, 0.5) is 5.13 Å². The van der Waals surface area contributed by atoms with Gasteiger partial charge in [-0.15, -0.1) is 0 Å². The highest BCUT2D eigenvalue weighted by molar-refractivity contribution is 7.22. The Hall–Kier alpha value is -5.48. The van der Waals surface area contributed by atoms with Crippen molar-refractivity contribution in [3.63, 3.8) is 0 Å². The van der Waals surface area contributed by atoms with E-state index in [1.807, 2.05) is 54.6 Å². The lowest BCUT2D eigenvalue weighted by atomic mass is 9.96. The van der Waals surface area contributed by atoms with E-state index in [1.54, 1.807) is 61.0 Å². The van der Waals surface area contributed by atoms with Crippen LogP contribution in [0.15, 0.2) is 103 Å². The number of ketones is 1. The van der Waals surface area contributed by atoms with E-state index < -0.39 is 17.7 Å². The number of aryl methyl sites for hydroxylation is 1. The number of hydrogen-bond acceptors (Lipinski definition) is 8. The number of ether oxygens (including phenoxy) is 2. The lowest BCUT2D eigenvalue weighted by Gasteiger charge is -2.23. The predicted molar refractivity (Wildman–Crippen MR) is 168 cm³/mol. The lowest BCUT2D eigenvalue weighted by Crippen LogP contribution is -2.29. The van der Waals surface area contributed by atoms with Crippen LogP contribution in [0.1, 0.15) is 28.6 Å². The Bertz CT molecular complexity index is 2080. The van der Waals surface area contributed by atoms with E-state index >= 15 is 0 Å². The van der Waals surface area contributed by atoms with Gasteiger partial charge in [0.05, 0.1) is 34.6 Å². The molecule has 44 heavy (non-hydrogen) atoms. The number of methoxy groups -OCH3 is 1. The van der Waals surface area contributed by atoms with Gasteiger partial charge < -0.3 is 14.6 Å². The zero-order chi connectivity index (χ0) is 30.4. The number of benzene rings is 3. The number of Topliss-reactive ketones (excluding diaryl/α,β-unsaturated/α-hetero) is 1. The molecule has 4 heterocycles. The van der Waals surface area contributed by atoms with Crippen molar-refractivity contribution in [1.29, 1.82) is 0 Å². The van der Waals surface area contributed by atoms with Crippen molar-refractivity contribution in [3.05, 3.63) is 125 Å². The number of carbonyl (C=O) groups is 2. The summed E-state index contributed by atoms with van der Waals surface area (Å²) in [4.78, 5) is 38.2. The standard InChI is InChI=1S/C34H26N4O5S/c1-20-29(37-17-7-6-10-27(37)35-20)31(39)28-30(22-11-13-23(14-12-22)43-19-21-8-4-3-5-9-21)38(33(41)32(28)40)34-36-25-16-15-24(42-2)18-26(25)44-34/h3-18,30,39H,19H2,1-2H3/b31-28+. The molecule has 0 radical (unpaired) electrons. The van der Waals surface area contributed by atoms with Gasteiger partial charge in [0.1, 0.15) is 29.4 Å². The summed E-state index contributed by atoms with van der Waals surface area (Å²) in [5.41, 5.74) is 3.74. The first-order valence-electron chi connectivity index (χ1n) is 13.9. The first kappa shape index (κ1) is 27.4. The molecular formula is C34H26N4O5S. The number of rotatable bonds is 7. The van der Waals surface area contributed by atoms with Crippen LogP contribution in [-0.2, 0) is 16.2 Å². The molecule has 1 atom stereocenters. The van der Waals surface area contributed by atoms with E-state index in [2.05, 4.69) is 4.98 Å². The number of anilines is 1. The van der Waals surface area contributed by atoms with Crippen LogP contribution in [0, 0.1) is 6.92 Å². The number of imidazole rings is 1. The molecule has 0 aliphatic carbocycles. The molecule has 1 fully saturated rings. The van der Waals surface area contributed by atoms with Crippen LogP contribution < -0.4 is 14.4 Å². The van der Waals surface area contributed by atoms with Gasteiger partial charge in [0.2, 0.25) is 0 Å². The van der Waals surface area contributed by atoms with E-state index in [4.69, 9.17) is 14.5 Å². The minimum atomic E-state index is -0.950. The van der Waals surface area contributed by atoms with Crippen LogP contribution in [0.5, 0.6) is 11.5 Å². The van der Waals surface area contributed by atoms with Gasteiger partial charge in [-0.3, -0.25) is 18.9 Å². The van der Waals surface area contributed by atoms with Gasteiger partial charge in [-0.05, 0) is 60.5 Å². The van der Waals surface area contributed by atoms with Crippen molar-refractivity contribution < 1.29 is 24.2 Å². The van der Waals surface area contributed by atoms with Gasteiger partial charge >= 0.3 is 5.91 Å². The van der Waals surface area contributed by atoms with Crippen LogP contribution in [-0.4, -0.2) is 38.3 Å². The molecule has 9 nitrogen and oxygen atoms in total. The Kier molecular flexibility index (Phi) is 6.83. The summed E-state index contributed by atoms with van der Waals surface area (Å²) >= 11 is 1.27. The van der Waals surface area contributed by atoms with E-state index in [0.29, 0.717) is 51.4 Å². The zero-order valence-electron chi connectivity index (χ0n) is 23.8. The van der Waals surface area contributed by atoms with Crippen molar-refractivity contribution in [2.45, 2.75) is 19.6 Å². The van der Waals surface area contributed by atoms with Crippen molar-refractivity contribution in [2.24, 2.45) is 0 Å². The van der Waals surface area contributed by atoms with Gasteiger partial charge in [0.15, 0.2) is 10.9 Å². The number of carbonyl (C=O) groups excluding carboxylic acids is 2. The molecule has 1 aliphatic heterocycles. The molecule has 1 unspecified atom stereocenters. The molecule has 218 valence electrons. The lowest BCUT2D eigenvalue weighted by molar-refractivity contribution is -0.132. The maximum absolute atomic E-state index is 13.8. The van der Waals surface area contributed by atoms with Crippen molar-refractivity contribution in [2.75, 3.05) is 12.0 Å². The minimum absolute atomic E-state index is 0.0430. The van der Waals surface area contributed by atoms with Crippen molar-refractivity contribution >= 4 is 49.8 Å². The average molecular weight is 603 g/mol. The largest absolute Gasteiger partial charge is 0.505 e. The highest BCUT2D eigenvalue weighted by Gasteiger charge is 2.48. The molecule has 0 bridgehead atoms. The molecule has 3 aromatic carbocycles. The summed E-state index contributed by atoms with van der Waals surface area (Å²) in [6, 6.07) is 27.0. The highest BCUT2D eigenvalue weighted by atomic mass is 32.1. The Balaban J connectivity index is 1.35. The molecule has 6 aromatic rings. The zero-order valence-corrected chi connectivity index (χ0v) is 24.6. The second-order valence-corrected chi connectivity index (χ2v) is 11.3. The summed E-state index contributed by atoms with van der Waals surface area (Å²) in [6.45, 7) is 2.15. The monoisotopic (exact) mass is 602 g/mol. The second-order valence-electron chi connectivity index (χ2n) is 10.3. The van der Waals surface area contributed by atoms with Crippen LogP contribution in [0.2, 0.25) is 0 Å². The molecule has 1 aliphatic rings. The first-order valence-corrected chi connectivity index (χ1v) is 14.7. The number of aliphatic hydroxyl groups is 1. The maximum atomic E-state index is 13.8. The Morgan fingerprint density at radius 1 is 0.932 bits per heavy atom. The summed E-state index contributed by atoms with van der Waals surface area (Å²) in [5.74, 6) is -0.614. The normalized spacial score (nSPS) is 16.2. The third kappa shape index (κ3) is 4.65. The van der Waals surface area contributed by atoms with Gasteiger partial charge in [0.25, 0.3) is 5.78 Å². The summed E-state index contributed by atoms with van der Waals surface area (Å²) < 4.78 is 13.8. The fourth-order valence-corrected chi connectivity index (χ4v) is 6.50. The van der Waals surface area contributed by atoms with Crippen LogP contribution in [0.3, 0.4) is 0 Å². The molecule has 1 N–H and O–H groups in total. The SMILES string of the molecule is COc1ccc2nc(N3C(=O)C(=O)/C(=C(/O)c4c(C)nc5ccccn45)C3c3ccc(OCc4ccccc4)cc3)sc2c1. The summed E-state index contributed by atoms with van der Waals surface area (Å²) in [7, 11) is 1.58. The molecule has 0 saturated carbocycles. The second kappa shape index (κ2) is 11.0. The Labute approximate surface area is 256 Å². The fourth-order valence-electron chi connectivity index (χ4n) is 5.48. The molecule has 7 rings (SSSR count). The third-order valence-corrected chi connectivity index (χ3v) is 8.62. The Morgan fingerprint density at radius 3 is 2.45 bits per heavy atom. The number of aromatic nitrogens is 3. The molecule has 1 saturated heterocycles. The van der Waals surface area contributed by atoms with E-state index in [0.717, 1.165) is 10.3 Å². The number of aliphatic hydroxyl groups excluding tert-OH is 1. The number of amides is 1. The minimum Gasteiger partial charge on any atom is -0.505 e. The average Bonchev–Trinajstić information content (AvgIpc) is 3.70. The van der Waals surface area contributed by atoms with Gasteiger partial charge in [-0.2, -0.15) is 0 Å². The number of fused-ring (bicyclic) bond motifs is 2. The van der Waals surface area contributed by atoms with E-state index in [1.165, 1.54) is 16.2 Å². The van der Waals surface area contributed by atoms with Gasteiger partial charge in [0, 0.05) is 6.20 Å². The molecular weight excluding hydrogens is 576 g/mol. The van der Waals surface area contributed by atoms with E-state index in [9.17, 15) is 14.7 Å².